The maximum Gasteiger partial charge on any atom is 0.168 e. The molecule has 2 heterocycles. The average Bonchev–Trinajstić information content (AvgIpc) is 2.91. The van der Waals surface area contributed by atoms with Crippen molar-refractivity contribution in [3.63, 3.8) is 0 Å². The number of aromatic nitrogens is 2. The summed E-state index contributed by atoms with van der Waals surface area (Å²) < 4.78 is 8.09. The molecule has 1 fully saturated rings. The van der Waals surface area contributed by atoms with E-state index >= 15 is 0 Å². The number of ether oxygens (including phenoxy) is 1. The Morgan fingerprint density at radius 3 is 2.83 bits per heavy atom. The summed E-state index contributed by atoms with van der Waals surface area (Å²) in [5, 5.41) is 1.16. The van der Waals surface area contributed by atoms with Crippen LogP contribution in [0, 0.1) is 19.8 Å². The molecule has 0 bridgehead atoms. The van der Waals surface area contributed by atoms with E-state index in [4.69, 9.17) is 9.72 Å². The smallest absolute Gasteiger partial charge is 0.168 e. The first kappa shape index (κ1) is 13.9. The van der Waals surface area contributed by atoms with Crippen LogP contribution in [0.2, 0.25) is 0 Å². The number of rotatable bonds is 5. The number of nitrogens with zero attached hydrogens (tertiary/aromatic N) is 2. The predicted molar refractivity (Wildman–Crippen MR) is 76.2 cm³/mol. The predicted octanol–water partition coefficient (Wildman–Crippen LogP) is 3.43. The van der Waals surface area contributed by atoms with Crippen LogP contribution in [-0.2, 0) is 11.3 Å². The molecule has 4 heteroatoms. The molecule has 1 aliphatic rings. The molecule has 2 rings (SSSR count). The minimum Gasteiger partial charge on any atom is -0.376 e. The van der Waals surface area contributed by atoms with Gasteiger partial charge in [0.1, 0.15) is 0 Å². The summed E-state index contributed by atoms with van der Waals surface area (Å²) in [6.07, 6.45) is 2.77. The van der Waals surface area contributed by atoms with Gasteiger partial charge in [0.2, 0.25) is 0 Å². The summed E-state index contributed by atoms with van der Waals surface area (Å²) in [4.78, 5) is 4.69. The molecule has 3 nitrogen and oxygen atoms in total. The second-order valence-electron chi connectivity index (χ2n) is 5.52. The molecule has 0 amide bonds. The molecule has 0 N–H and O–H groups in total. The zero-order valence-corrected chi connectivity index (χ0v) is 12.7. The largest absolute Gasteiger partial charge is 0.376 e. The number of thioether (sulfide) groups is 1. The zero-order valence-electron chi connectivity index (χ0n) is 11.9. The van der Waals surface area contributed by atoms with Gasteiger partial charge in [0.25, 0.3) is 0 Å². The van der Waals surface area contributed by atoms with Gasteiger partial charge < -0.3 is 9.30 Å². The summed E-state index contributed by atoms with van der Waals surface area (Å²) in [7, 11) is 0. The van der Waals surface area contributed by atoms with E-state index in [0.717, 1.165) is 29.8 Å². The minimum atomic E-state index is 0.385. The Bertz CT molecular complexity index is 395. The number of hydrogen-bond acceptors (Lipinski definition) is 3. The fourth-order valence-corrected chi connectivity index (χ4v) is 3.23. The second kappa shape index (κ2) is 6.11. The van der Waals surface area contributed by atoms with Gasteiger partial charge in [-0.15, -0.1) is 0 Å². The van der Waals surface area contributed by atoms with Crippen molar-refractivity contribution < 1.29 is 4.74 Å². The van der Waals surface area contributed by atoms with E-state index in [0.29, 0.717) is 12.0 Å². The molecule has 0 aliphatic carbocycles. The molecule has 0 radical (unpaired) electrons. The molecular formula is C14H24N2OS. The summed E-state index contributed by atoms with van der Waals surface area (Å²) >= 11 is 1.87. The molecule has 1 unspecified atom stereocenters. The lowest BCUT2D eigenvalue weighted by atomic mass is 10.2. The number of aryl methyl sites for hydroxylation is 1. The molecule has 0 saturated carbocycles. The first-order valence-electron chi connectivity index (χ1n) is 6.86. The van der Waals surface area contributed by atoms with Gasteiger partial charge in [0, 0.05) is 18.1 Å². The van der Waals surface area contributed by atoms with Crippen LogP contribution in [-0.4, -0.2) is 28.0 Å². The van der Waals surface area contributed by atoms with Gasteiger partial charge in [-0.1, -0.05) is 25.6 Å². The van der Waals surface area contributed by atoms with Crippen LogP contribution in [0.15, 0.2) is 5.16 Å². The van der Waals surface area contributed by atoms with E-state index in [2.05, 4.69) is 32.3 Å². The summed E-state index contributed by atoms with van der Waals surface area (Å²) in [5.41, 5.74) is 2.44. The second-order valence-corrected chi connectivity index (χ2v) is 6.50. The van der Waals surface area contributed by atoms with Crippen LogP contribution < -0.4 is 0 Å². The van der Waals surface area contributed by atoms with E-state index in [1.165, 1.54) is 18.5 Å². The van der Waals surface area contributed by atoms with E-state index in [-0.39, 0.29) is 0 Å². The lowest BCUT2D eigenvalue weighted by molar-refractivity contribution is 0.0945. The van der Waals surface area contributed by atoms with Crippen LogP contribution in [0.1, 0.15) is 38.1 Å². The Balaban J connectivity index is 2.10. The first-order valence-corrected chi connectivity index (χ1v) is 7.84. The molecular weight excluding hydrogens is 244 g/mol. The lowest BCUT2D eigenvalue weighted by Gasteiger charge is -2.15. The van der Waals surface area contributed by atoms with Gasteiger partial charge in [0.05, 0.1) is 18.3 Å². The normalized spacial score (nSPS) is 19.9. The third-order valence-electron chi connectivity index (χ3n) is 3.38. The first-order chi connectivity index (χ1) is 8.58. The van der Waals surface area contributed by atoms with E-state index in [1.54, 1.807) is 0 Å². The highest BCUT2D eigenvalue weighted by atomic mass is 32.2. The quantitative estimate of drug-likeness (QED) is 0.766. The van der Waals surface area contributed by atoms with Crippen LogP contribution in [0.5, 0.6) is 0 Å². The summed E-state index contributed by atoms with van der Waals surface area (Å²) in [6.45, 7) is 10.6. The number of hydrogen-bond donors (Lipinski definition) is 0. The highest BCUT2D eigenvalue weighted by Crippen LogP contribution is 2.25. The Morgan fingerprint density at radius 1 is 1.44 bits per heavy atom. The van der Waals surface area contributed by atoms with Gasteiger partial charge in [-0.25, -0.2) is 4.98 Å². The van der Waals surface area contributed by atoms with Crippen LogP contribution >= 0.6 is 11.8 Å². The van der Waals surface area contributed by atoms with Gasteiger partial charge in [-0.2, -0.15) is 0 Å². The Kier molecular flexibility index (Phi) is 4.73. The van der Waals surface area contributed by atoms with Crippen LogP contribution in [0.4, 0.5) is 0 Å². The van der Waals surface area contributed by atoms with Crippen molar-refractivity contribution in [3.05, 3.63) is 11.4 Å². The van der Waals surface area contributed by atoms with Gasteiger partial charge in [-0.3, -0.25) is 0 Å². The van der Waals surface area contributed by atoms with Gasteiger partial charge in [0.15, 0.2) is 5.16 Å². The Hall–Kier alpha value is -0.480. The Labute approximate surface area is 114 Å². The topological polar surface area (TPSA) is 27.1 Å². The minimum absolute atomic E-state index is 0.385. The molecule has 1 atom stereocenters. The number of imidazole rings is 1. The molecule has 18 heavy (non-hydrogen) atoms. The highest BCUT2D eigenvalue weighted by Gasteiger charge is 2.20. The lowest BCUT2D eigenvalue weighted by Crippen LogP contribution is -2.17. The highest BCUT2D eigenvalue weighted by molar-refractivity contribution is 7.99. The van der Waals surface area contributed by atoms with E-state index in [1.807, 2.05) is 11.8 Å². The molecule has 1 saturated heterocycles. The molecule has 102 valence electrons. The molecule has 0 spiro atoms. The van der Waals surface area contributed by atoms with Crippen molar-refractivity contribution in [2.24, 2.45) is 5.92 Å². The third kappa shape index (κ3) is 3.29. The van der Waals surface area contributed by atoms with Crippen molar-refractivity contribution in [1.82, 2.24) is 9.55 Å². The third-order valence-corrected chi connectivity index (χ3v) is 4.78. The van der Waals surface area contributed by atoms with Gasteiger partial charge in [-0.05, 0) is 32.6 Å². The maximum atomic E-state index is 5.74. The molecule has 1 aromatic rings. The monoisotopic (exact) mass is 268 g/mol. The fraction of sp³-hybridized carbons (Fsp3) is 0.786. The average molecular weight is 268 g/mol. The standard InChI is InChI=1S/C14H24N2OS/c1-10(2)9-18-14-15-11(3)12(4)16(14)8-13-6-5-7-17-13/h10,13H,5-9H2,1-4H3. The van der Waals surface area contributed by atoms with Crippen LogP contribution in [0.3, 0.4) is 0 Å². The SMILES string of the molecule is Cc1nc(SCC(C)C)n(CC2CCCO2)c1C. The molecule has 1 aliphatic heterocycles. The van der Waals surface area contributed by atoms with E-state index < -0.39 is 0 Å². The fourth-order valence-electron chi connectivity index (χ4n) is 2.18. The van der Waals surface area contributed by atoms with E-state index in [9.17, 15) is 0 Å². The zero-order chi connectivity index (χ0) is 13.1. The van der Waals surface area contributed by atoms with Crippen LogP contribution in [0.25, 0.3) is 0 Å². The van der Waals surface area contributed by atoms with Crippen molar-refractivity contribution in [2.45, 2.75) is 58.3 Å². The van der Waals surface area contributed by atoms with Crippen molar-refractivity contribution in [2.75, 3.05) is 12.4 Å². The van der Waals surface area contributed by atoms with Crippen molar-refractivity contribution >= 4 is 11.8 Å². The summed E-state index contributed by atoms with van der Waals surface area (Å²) in [5.74, 6) is 1.82. The van der Waals surface area contributed by atoms with Crippen molar-refractivity contribution in [1.29, 1.82) is 0 Å². The Morgan fingerprint density at radius 2 is 2.22 bits per heavy atom. The molecule has 0 aromatic carbocycles. The van der Waals surface area contributed by atoms with Crippen molar-refractivity contribution in [3.8, 4) is 0 Å². The maximum absolute atomic E-state index is 5.74. The summed E-state index contributed by atoms with van der Waals surface area (Å²) in [6, 6.07) is 0. The molecule has 1 aromatic heterocycles. The van der Waals surface area contributed by atoms with Gasteiger partial charge >= 0.3 is 0 Å².